The summed E-state index contributed by atoms with van der Waals surface area (Å²) < 4.78 is 12.1. The summed E-state index contributed by atoms with van der Waals surface area (Å²) in [5.41, 5.74) is 0.883. The lowest BCUT2D eigenvalue weighted by Crippen LogP contribution is -2.43. The summed E-state index contributed by atoms with van der Waals surface area (Å²) in [6, 6.07) is 7.58. The normalized spacial score (nSPS) is 18.5. The molecule has 1 aromatic carbocycles. The summed E-state index contributed by atoms with van der Waals surface area (Å²) in [5, 5.41) is 11.4. The van der Waals surface area contributed by atoms with Gasteiger partial charge in [-0.1, -0.05) is 23.5 Å². The van der Waals surface area contributed by atoms with Crippen LogP contribution in [0.15, 0.2) is 28.7 Å². The molecule has 0 spiro atoms. The molecule has 1 aliphatic heterocycles. The molecule has 1 aliphatic rings. The van der Waals surface area contributed by atoms with E-state index in [0.717, 1.165) is 10.2 Å². The van der Waals surface area contributed by atoms with Crippen molar-refractivity contribution in [1.82, 2.24) is 20.1 Å². The van der Waals surface area contributed by atoms with Gasteiger partial charge in [0.15, 0.2) is 5.13 Å². The Hall–Kier alpha value is -2.36. The number of thiazole rings is 1. The molecule has 3 heterocycles. The second-order valence-electron chi connectivity index (χ2n) is 5.76. The maximum absolute atomic E-state index is 12.4. The Balaban J connectivity index is 1.44. The number of amides is 1. The van der Waals surface area contributed by atoms with Gasteiger partial charge in [-0.3, -0.25) is 9.69 Å². The lowest BCUT2D eigenvalue weighted by Gasteiger charge is -2.32. The van der Waals surface area contributed by atoms with E-state index in [1.54, 1.807) is 6.92 Å². The number of rotatable bonds is 4. The number of carbonyl (C=O) groups excluding carboxylic acids is 1. The Bertz CT molecular complexity index is 860. The highest BCUT2D eigenvalue weighted by atomic mass is 32.1. The van der Waals surface area contributed by atoms with E-state index >= 15 is 0 Å². The van der Waals surface area contributed by atoms with E-state index in [9.17, 15) is 4.79 Å². The van der Waals surface area contributed by atoms with Crippen LogP contribution < -0.4 is 5.32 Å². The van der Waals surface area contributed by atoms with Crippen molar-refractivity contribution in [3.8, 4) is 0 Å². The Kier molecular flexibility index (Phi) is 4.43. The smallest absolute Gasteiger partial charge is 0.240 e. The van der Waals surface area contributed by atoms with Crippen LogP contribution in [0, 0.1) is 6.92 Å². The van der Waals surface area contributed by atoms with Gasteiger partial charge in [-0.25, -0.2) is 4.98 Å². The van der Waals surface area contributed by atoms with Gasteiger partial charge in [0.2, 0.25) is 17.7 Å². The molecule has 0 bridgehead atoms. The van der Waals surface area contributed by atoms with Gasteiger partial charge in [0, 0.05) is 13.5 Å². The minimum atomic E-state index is -0.212. The predicted molar refractivity (Wildman–Crippen MR) is 92.4 cm³/mol. The number of hydrogen-bond donors (Lipinski definition) is 1. The molecule has 2 aromatic heterocycles. The summed E-state index contributed by atoms with van der Waals surface area (Å²) >= 11 is 1.46. The van der Waals surface area contributed by atoms with Gasteiger partial charge in [-0.2, -0.15) is 0 Å². The number of carbonyl (C=O) groups is 1. The van der Waals surface area contributed by atoms with Crippen molar-refractivity contribution in [3.05, 3.63) is 36.0 Å². The third-order valence-corrected chi connectivity index (χ3v) is 4.90. The first-order chi connectivity index (χ1) is 12.2. The highest BCUT2D eigenvalue weighted by molar-refractivity contribution is 7.22. The molecule has 1 N–H and O–H groups in total. The van der Waals surface area contributed by atoms with Crippen LogP contribution in [0.1, 0.15) is 17.8 Å². The zero-order chi connectivity index (χ0) is 17.2. The maximum Gasteiger partial charge on any atom is 0.240 e. The average Bonchev–Trinajstić information content (AvgIpc) is 3.20. The van der Waals surface area contributed by atoms with E-state index < -0.39 is 0 Å². The number of morpholine rings is 1. The Morgan fingerprint density at radius 3 is 3.08 bits per heavy atom. The predicted octanol–water partition coefficient (Wildman–Crippen LogP) is 2.00. The van der Waals surface area contributed by atoms with Crippen LogP contribution >= 0.6 is 11.3 Å². The van der Waals surface area contributed by atoms with Crippen LogP contribution in [0.25, 0.3) is 10.2 Å². The first kappa shape index (κ1) is 16.1. The van der Waals surface area contributed by atoms with Crippen molar-refractivity contribution in [3.63, 3.8) is 0 Å². The van der Waals surface area contributed by atoms with E-state index in [1.807, 2.05) is 29.2 Å². The zero-order valence-corrected chi connectivity index (χ0v) is 14.5. The number of ether oxygens (including phenoxy) is 1. The standard InChI is InChI=1S/C16H17N5O3S/c1-10-19-20-15(24-10)12-9-23-7-6-21(12)8-14(22)18-16-17-11-4-2-3-5-13(11)25-16/h2-5,12H,6-9H2,1H3,(H,17,18,22). The van der Waals surface area contributed by atoms with Crippen molar-refractivity contribution in [1.29, 1.82) is 0 Å². The first-order valence-corrected chi connectivity index (χ1v) is 8.78. The molecule has 0 aliphatic carbocycles. The zero-order valence-electron chi connectivity index (χ0n) is 13.6. The quantitative estimate of drug-likeness (QED) is 0.761. The molecule has 25 heavy (non-hydrogen) atoms. The summed E-state index contributed by atoms with van der Waals surface area (Å²) in [6.07, 6.45) is 0. The van der Waals surface area contributed by atoms with Crippen LogP contribution in [0.2, 0.25) is 0 Å². The molecule has 8 nitrogen and oxygen atoms in total. The Morgan fingerprint density at radius 2 is 2.28 bits per heavy atom. The molecule has 130 valence electrons. The van der Waals surface area contributed by atoms with Crippen LogP contribution in [0.4, 0.5) is 5.13 Å². The van der Waals surface area contributed by atoms with Crippen LogP contribution in [0.5, 0.6) is 0 Å². The number of para-hydroxylation sites is 1. The molecule has 1 fully saturated rings. The maximum atomic E-state index is 12.4. The lowest BCUT2D eigenvalue weighted by molar-refractivity contribution is -0.120. The fourth-order valence-electron chi connectivity index (χ4n) is 2.77. The highest BCUT2D eigenvalue weighted by Gasteiger charge is 2.30. The molecule has 1 amide bonds. The molecule has 1 unspecified atom stereocenters. The van der Waals surface area contributed by atoms with Gasteiger partial charge in [0.25, 0.3) is 0 Å². The van der Waals surface area contributed by atoms with E-state index in [2.05, 4.69) is 20.5 Å². The largest absolute Gasteiger partial charge is 0.424 e. The molecule has 0 radical (unpaired) electrons. The van der Waals surface area contributed by atoms with Gasteiger partial charge in [0.05, 0.1) is 30.0 Å². The Labute approximate surface area is 147 Å². The molecular formula is C16H17N5O3S. The van der Waals surface area contributed by atoms with E-state index in [-0.39, 0.29) is 18.5 Å². The van der Waals surface area contributed by atoms with Gasteiger partial charge < -0.3 is 14.5 Å². The van der Waals surface area contributed by atoms with Gasteiger partial charge in [0.1, 0.15) is 6.04 Å². The topological polar surface area (TPSA) is 93.4 Å². The van der Waals surface area contributed by atoms with Gasteiger partial charge >= 0.3 is 0 Å². The summed E-state index contributed by atoms with van der Waals surface area (Å²) in [7, 11) is 0. The van der Waals surface area contributed by atoms with E-state index in [4.69, 9.17) is 9.15 Å². The molecule has 9 heteroatoms. The molecule has 4 rings (SSSR count). The number of nitrogens with zero attached hydrogens (tertiary/aromatic N) is 4. The molecule has 3 aromatic rings. The minimum Gasteiger partial charge on any atom is -0.424 e. The van der Waals surface area contributed by atoms with Crippen molar-refractivity contribution < 1.29 is 13.9 Å². The molecule has 0 saturated carbocycles. The third kappa shape index (κ3) is 3.53. The number of fused-ring (bicyclic) bond motifs is 1. The fraction of sp³-hybridized carbons (Fsp3) is 0.375. The van der Waals surface area contributed by atoms with Crippen LogP contribution in [-0.2, 0) is 9.53 Å². The summed E-state index contributed by atoms with van der Waals surface area (Å²) in [4.78, 5) is 18.9. The fourth-order valence-corrected chi connectivity index (χ4v) is 3.65. The number of benzene rings is 1. The molecule has 1 atom stereocenters. The number of anilines is 1. The highest BCUT2D eigenvalue weighted by Crippen LogP contribution is 2.26. The Morgan fingerprint density at radius 1 is 1.40 bits per heavy atom. The minimum absolute atomic E-state index is 0.123. The van der Waals surface area contributed by atoms with Crippen molar-refractivity contribution in [2.75, 3.05) is 31.6 Å². The van der Waals surface area contributed by atoms with Gasteiger partial charge in [-0.05, 0) is 12.1 Å². The monoisotopic (exact) mass is 359 g/mol. The van der Waals surface area contributed by atoms with E-state index in [0.29, 0.717) is 36.7 Å². The van der Waals surface area contributed by atoms with Crippen LogP contribution in [0.3, 0.4) is 0 Å². The molecule has 1 saturated heterocycles. The number of nitrogens with one attached hydrogen (secondary N) is 1. The van der Waals surface area contributed by atoms with Crippen LogP contribution in [-0.4, -0.2) is 52.3 Å². The first-order valence-electron chi connectivity index (χ1n) is 7.96. The summed E-state index contributed by atoms with van der Waals surface area (Å²) in [6.45, 7) is 3.57. The van der Waals surface area contributed by atoms with Crippen molar-refractivity contribution >= 4 is 32.6 Å². The average molecular weight is 359 g/mol. The third-order valence-electron chi connectivity index (χ3n) is 3.95. The number of hydrogen-bond acceptors (Lipinski definition) is 8. The number of aryl methyl sites for hydroxylation is 1. The van der Waals surface area contributed by atoms with Crippen molar-refractivity contribution in [2.45, 2.75) is 13.0 Å². The second-order valence-corrected chi connectivity index (χ2v) is 6.79. The van der Waals surface area contributed by atoms with E-state index in [1.165, 1.54) is 11.3 Å². The second kappa shape index (κ2) is 6.87. The summed E-state index contributed by atoms with van der Waals surface area (Å²) in [5.74, 6) is 0.853. The van der Waals surface area contributed by atoms with Gasteiger partial charge in [-0.15, -0.1) is 10.2 Å². The number of aromatic nitrogens is 3. The lowest BCUT2D eigenvalue weighted by atomic mass is 10.2. The van der Waals surface area contributed by atoms with Crippen molar-refractivity contribution in [2.24, 2.45) is 0 Å². The SMILES string of the molecule is Cc1nnc(C2COCCN2CC(=O)Nc2nc3ccccc3s2)o1. The molecular weight excluding hydrogens is 342 g/mol.